The first kappa shape index (κ1) is 38.0. The van der Waals surface area contributed by atoms with Crippen molar-refractivity contribution in [3.8, 4) is 17.0 Å². The topological polar surface area (TPSA) is 150 Å². The zero-order valence-electron chi connectivity index (χ0n) is 28.3. The summed E-state index contributed by atoms with van der Waals surface area (Å²) in [7, 11) is -7.15. The zero-order chi connectivity index (χ0) is 35.5. The number of aryl methyl sites for hydroxylation is 1. The molecule has 256 valence electrons. The Balaban J connectivity index is 0.00000504. The van der Waals surface area contributed by atoms with Crippen molar-refractivity contribution < 1.29 is 60.2 Å². The van der Waals surface area contributed by atoms with Gasteiger partial charge in [-0.2, -0.15) is 8.42 Å². The summed E-state index contributed by atoms with van der Waals surface area (Å²) in [5, 5.41) is 3.88. The number of nitrogens with one attached hydrogen (secondary N) is 1. The van der Waals surface area contributed by atoms with E-state index in [4.69, 9.17) is 4.74 Å². The smallest absolute Gasteiger partial charge is 0.748 e. The number of aromatic nitrogens is 1. The summed E-state index contributed by atoms with van der Waals surface area (Å²) in [6.07, 6.45) is 4.78. The SMILES string of the molecule is CCOc1ccc(N=C2C=C/C(=C(/c3ccc(NCCS(=O)(=O)[O-])cc3)c3c(-c4ccccc4)n(C)c4ccccc34)C=C2S(=O)(=O)O)cc1.[Na+]. The Morgan fingerprint density at radius 2 is 1.55 bits per heavy atom. The van der Waals surface area contributed by atoms with E-state index in [0.717, 1.165) is 33.3 Å². The third-order valence-electron chi connectivity index (χ3n) is 8.18. The van der Waals surface area contributed by atoms with Crippen LogP contribution in [0.4, 0.5) is 11.4 Å². The summed E-state index contributed by atoms with van der Waals surface area (Å²) in [6.45, 7) is 2.32. The van der Waals surface area contributed by atoms with E-state index >= 15 is 0 Å². The minimum absolute atomic E-state index is 0. The summed E-state index contributed by atoms with van der Waals surface area (Å²) < 4.78 is 77.4. The van der Waals surface area contributed by atoms with E-state index in [1.54, 1.807) is 48.6 Å². The first-order chi connectivity index (χ1) is 23.9. The molecule has 2 N–H and O–H groups in total. The third-order valence-corrected chi connectivity index (χ3v) is 9.77. The van der Waals surface area contributed by atoms with E-state index in [-0.39, 0.29) is 46.7 Å². The molecule has 1 aliphatic carbocycles. The molecule has 0 bridgehead atoms. The molecule has 0 aliphatic heterocycles. The van der Waals surface area contributed by atoms with E-state index < -0.39 is 26.0 Å². The molecule has 0 saturated carbocycles. The van der Waals surface area contributed by atoms with Crippen LogP contribution in [-0.4, -0.2) is 55.1 Å². The molecule has 0 saturated heterocycles. The van der Waals surface area contributed by atoms with Crippen molar-refractivity contribution in [3.63, 3.8) is 0 Å². The van der Waals surface area contributed by atoms with Gasteiger partial charge in [-0.3, -0.25) is 4.55 Å². The van der Waals surface area contributed by atoms with Gasteiger partial charge in [0.1, 0.15) is 10.7 Å². The van der Waals surface area contributed by atoms with E-state index in [9.17, 15) is 25.9 Å². The molecule has 13 heteroatoms. The number of ether oxygens (including phenoxy) is 1. The van der Waals surface area contributed by atoms with Crippen LogP contribution in [-0.2, 0) is 27.3 Å². The number of hydrogen-bond donors (Lipinski definition) is 2. The van der Waals surface area contributed by atoms with Crippen molar-refractivity contribution in [1.29, 1.82) is 0 Å². The monoisotopic (exact) mass is 731 g/mol. The van der Waals surface area contributed by atoms with Gasteiger partial charge in [-0.15, -0.1) is 0 Å². The van der Waals surface area contributed by atoms with Gasteiger partial charge in [0.15, 0.2) is 0 Å². The second kappa shape index (κ2) is 16.0. The minimum Gasteiger partial charge on any atom is -0.748 e. The molecule has 5 aromatic rings. The summed E-state index contributed by atoms with van der Waals surface area (Å²) in [5.74, 6) is 0.0895. The Bertz CT molecular complexity index is 2400. The number of benzene rings is 4. The van der Waals surface area contributed by atoms with Crippen LogP contribution in [0.2, 0.25) is 0 Å². The van der Waals surface area contributed by atoms with Gasteiger partial charge in [-0.1, -0.05) is 66.7 Å². The first-order valence-electron chi connectivity index (χ1n) is 15.8. The van der Waals surface area contributed by atoms with Crippen molar-refractivity contribution in [2.24, 2.45) is 12.0 Å². The number of aliphatic imine (C=N–C) groups is 1. The van der Waals surface area contributed by atoms with Crippen molar-refractivity contribution in [2.45, 2.75) is 6.92 Å². The fourth-order valence-corrected chi connectivity index (χ4v) is 7.01. The maximum atomic E-state index is 12.9. The Morgan fingerprint density at radius 3 is 2.20 bits per heavy atom. The van der Waals surface area contributed by atoms with Gasteiger partial charge in [0.25, 0.3) is 10.1 Å². The largest absolute Gasteiger partial charge is 1.00 e. The Morgan fingerprint density at radius 1 is 0.882 bits per heavy atom. The van der Waals surface area contributed by atoms with Crippen molar-refractivity contribution in [3.05, 3.63) is 143 Å². The van der Waals surface area contributed by atoms with Gasteiger partial charge >= 0.3 is 29.6 Å². The summed E-state index contributed by atoms with van der Waals surface area (Å²) in [5.41, 5.74) is 6.67. The number of anilines is 1. The molecule has 51 heavy (non-hydrogen) atoms. The van der Waals surface area contributed by atoms with Gasteiger partial charge in [-0.05, 0) is 83.8 Å². The molecule has 0 unspecified atom stereocenters. The molecule has 1 heterocycles. The van der Waals surface area contributed by atoms with Crippen molar-refractivity contribution in [2.75, 3.05) is 24.2 Å². The summed E-state index contributed by atoms with van der Waals surface area (Å²) >= 11 is 0. The zero-order valence-corrected chi connectivity index (χ0v) is 31.9. The van der Waals surface area contributed by atoms with E-state index in [1.807, 2.05) is 80.7 Å². The van der Waals surface area contributed by atoms with E-state index in [1.165, 1.54) is 6.08 Å². The molecule has 0 amide bonds. The number of nitrogens with zero attached hydrogens (tertiary/aromatic N) is 2. The van der Waals surface area contributed by atoms with Crippen molar-refractivity contribution >= 4 is 53.8 Å². The Hall–Kier alpha value is -4.27. The summed E-state index contributed by atoms with van der Waals surface area (Å²) in [6, 6.07) is 31.9. The molecule has 6 rings (SSSR count). The molecule has 0 fully saturated rings. The van der Waals surface area contributed by atoms with Crippen LogP contribution in [0.15, 0.2) is 137 Å². The van der Waals surface area contributed by atoms with E-state index in [0.29, 0.717) is 34.9 Å². The predicted molar refractivity (Wildman–Crippen MR) is 197 cm³/mol. The van der Waals surface area contributed by atoms with Crippen LogP contribution in [0, 0.1) is 0 Å². The maximum Gasteiger partial charge on any atom is 1.00 e. The maximum absolute atomic E-state index is 12.9. The number of para-hydroxylation sites is 1. The number of allylic oxidation sites excluding steroid dienone is 5. The minimum atomic E-state index is -4.74. The summed E-state index contributed by atoms with van der Waals surface area (Å²) in [4.78, 5) is 4.19. The second-order valence-corrected chi connectivity index (χ2v) is 14.4. The van der Waals surface area contributed by atoms with Crippen LogP contribution in [0.1, 0.15) is 18.1 Å². The van der Waals surface area contributed by atoms with Gasteiger partial charge in [0.05, 0.1) is 39.6 Å². The van der Waals surface area contributed by atoms with Crippen LogP contribution in [0.5, 0.6) is 5.75 Å². The average molecular weight is 732 g/mol. The van der Waals surface area contributed by atoms with Gasteiger partial charge < -0.3 is 19.2 Å². The Kier molecular flexibility index (Phi) is 11.9. The van der Waals surface area contributed by atoms with Crippen LogP contribution in [0.3, 0.4) is 0 Å². The average Bonchev–Trinajstić information content (AvgIpc) is 3.38. The standard InChI is InChI=1S/C38H35N3O7S2.Na/c1-3-48-31-20-18-30(19-21-31)40-33-22-15-28(25-35(33)50(45,46)47)36(26-13-16-29(17-14-26)39-23-24-49(42,43)44)37-32-11-7-8-12-34(32)41(2)38(37)27-9-5-4-6-10-27;/h4-22,25,39H,3,23-24H2,1-2H3,(H,42,43,44)(H,45,46,47);/q;+1/p-1/b36-28+,40-33?;. The van der Waals surface area contributed by atoms with Gasteiger partial charge in [0, 0.05) is 35.7 Å². The predicted octanol–water partition coefficient (Wildman–Crippen LogP) is 4.12. The number of fused-ring (bicyclic) bond motifs is 1. The fourth-order valence-electron chi connectivity index (χ4n) is 6.00. The van der Waals surface area contributed by atoms with Crippen LogP contribution >= 0.6 is 0 Å². The third kappa shape index (κ3) is 8.79. The molecule has 0 atom stereocenters. The molecule has 1 aliphatic rings. The number of rotatable bonds is 11. The number of hydrogen-bond acceptors (Lipinski definition) is 8. The quantitative estimate of drug-likeness (QED) is 0.152. The van der Waals surface area contributed by atoms with Gasteiger partial charge in [-0.25, -0.2) is 13.4 Å². The molecule has 0 radical (unpaired) electrons. The molecule has 4 aromatic carbocycles. The van der Waals surface area contributed by atoms with E-state index in [2.05, 4.69) is 14.9 Å². The molecular weight excluding hydrogens is 698 g/mol. The van der Waals surface area contributed by atoms with Crippen LogP contribution < -0.4 is 39.6 Å². The first-order valence-corrected chi connectivity index (χ1v) is 18.8. The van der Waals surface area contributed by atoms with Crippen molar-refractivity contribution in [1.82, 2.24) is 4.57 Å². The molecule has 0 spiro atoms. The second-order valence-electron chi connectivity index (χ2n) is 11.5. The van der Waals surface area contributed by atoms with Crippen LogP contribution in [0.25, 0.3) is 27.7 Å². The molecule has 1 aromatic heterocycles. The molecule has 10 nitrogen and oxygen atoms in total. The molecular formula is C38H34N3NaO7S2. The fraction of sp³-hybridized carbons (Fsp3) is 0.132. The Labute approximate surface area is 319 Å². The normalized spacial score (nSPS) is 15.0. The van der Waals surface area contributed by atoms with Gasteiger partial charge in [0.2, 0.25) is 0 Å².